The van der Waals surface area contributed by atoms with Crippen molar-refractivity contribution in [3.63, 3.8) is 0 Å². The van der Waals surface area contributed by atoms with Crippen LogP contribution in [0.25, 0.3) is 21.5 Å². The molecule has 0 saturated heterocycles. The van der Waals surface area contributed by atoms with Crippen LogP contribution in [0.1, 0.15) is 39.0 Å². The predicted octanol–water partition coefficient (Wildman–Crippen LogP) is 6.38. The van der Waals surface area contributed by atoms with Gasteiger partial charge in [-0.2, -0.15) is 0 Å². The highest BCUT2D eigenvalue weighted by molar-refractivity contribution is 6.11. The van der Waals surface area contributed by atoms with Gasteiger partial charge in [-0.05, 0) is 28.6 Å². The van der Waals surface area contributed by atoms with E-state index < -0.39 is 0 Å². The SMILES string of the molecule is CCCCCCCNc1cccc2c1ccc1ccccc12. The van der Waals surface area contributed by atoms with Crippen molar-refractivity contribution in [2.45, 2.75) is 39.0 Å². The molecule has 3 rings (SSSR count). The van der Waals surface area contributed by atoms with Gasteiger partial charge in [0.1, 0.15) is 0 Å². The van der Waals surface area contributed by atoms with Crippen LogP contribution in [0.15, 0.2) is 54.6 Å². The highest BCUT2D eigenvalue weighted by Crippen LogP contribution is 2.30. The van der Waals surface area contributed by atoms with Crippen LogP contribution in [0.4, 0.5) is 5.69 Å². The first-order valence-electron chi connectivity index (χ1n) is 8.54. The number of fused-ring (bicyclic) bond motifs is 3. The molecule has 0 heterocycles. The standard InChI is InChI=1S/C21H25N/c1-2-3-4-5-8-16-22-21-13-9-12-19-18-11-7-6-10-17(18)14-15-20(19)21/h6-7,9-15,22H,2-5,8,16H2,1H3. The van der Waals surface area contributed by atoms with E-state index in [1.165, 1.54) is 59.3 Å². The van der Waals surface area contributed by atoms with E-state index in [9.17, 15) is 0 Å². The molecule has 3 aromatic carbocycles. The Labute approximate surface area is 133 Å². The van der Waals surface area contributed by atoms with Crippen molar-refractivity contribution in [1.29, 1.82) is 0 Å². The Bertz CT molecular complexity index is 745. The molecule has 1 nitrogen and oxygen atoms in total. The smallest absolute Gasteiger partial charge is 0.0420 e. The summed E-state index contributed by atoms with van der Waals surface area (Å²) >= 11 is 0. The van der Waals surface area contributed by atoms with Gasteiger partial charge >= 0.3 is 0 Å². The number of anilines is 1. The van der Waals surface area contributed by atoms with Crippen molar-refractivity contribution < 1.29 is 0 Å². The quantitative estimate of drug-likeness (QED) is 0.393. The van der Waals surface area contributed by atoms with Gasteiger partial charge in [-0.3, -0.25) is 0 Å². The molecule has 22 heavy (non-hydrogen) atoms. The molecule has 0 aliphatic rings. The molecule has 0 fully saturated rings. The van der Waals surface area contributed by atoms with Crippen LogP contribution in [0.2, 0.25) is 0 Å². The fraction of sp³-hybridized carbons (Fsp3) is 0.333. The van der Waals surface area contributed by atoms with Crippen LogP contribution in [-0.4, -0.2) is 6.54 Å². The Morgan fingerprint density at radius 1 is 0.682 bits per heavy atom. The average molecular weight is 291 g/mol. The summed E-state index contributed by atoms with van der Waals surface area (Å²) in [4.78, 5) is 0. The monoisotopic (exact) mass is 291 g/mol. The lowest BCUT2D eigenvalue weighted by Crippen LogP contribution is -2.01. The number of rotatable bonds is 7. The number of unbranched alkanes of at least 4 members (excludes halogenated alkanes) is 4. The molecular weight excluding hydrogens is 266 g/mol. The van der Waals surface area contributed by atoms with Gasteiger partial charge in [-0.1, -0.05) is 81.1 Å². The van der Waals surface area contributed by atoms with Crippen molar-refractivity contribution in [3.05, 3.63) is 54.6 Å². The van der Waals surface area contributed by atoms with Crippen LogP contribution >= 0.6 is 0 Å². The van der Waals surface area contributed by atoms with Crippen LogP contribution in [0, 0.1) is 0 Å². The van der Waals surface area contributed by atoms with Crippen LogP contribution in [0.5, 0.6) is 0 Å². The molecular formula is C21H25N. The topological polar surface area (TPSA) is 12.0 Å². The van der Waals surface area contributed by atoms with E-state index in [0.717, 1.165) is 6.54 Å². The van der Waals surface area contributed by atoms with Gasteiger partial charge in [0, 0.05) is 17.6 Å². The van der Waals surface area contributed by atoms with E-state index >= 15 is 0 Å². The molecule has 0 aliphatic heterocycles. The van der Waals surface area contributed by atoms with Gasteiger partial charge in [-0.15, -0.1) is 0 Å². The molecule has 0 unspecified atom stereocenters. The van der Waals surface area contributed by atoms with E-state index in [4.69, 9.17) is 0 Å². The van der Waals surface area contributed by atoms with Crippen LogP contribution in [-0.2, 0) is 0 Å². The van der Waals surface area contributed by atoms with Gasteiger partial charge in [-0.25, -0.2) is 0 Å². The summed E-state index contributed by atoms with van der Waals surface area (Å²) in [6, 6.07) is 19.7. The minimum Gasteiger partial charge on any atom is -0.385 e. The Hall–Kier alpha value is -2.02. The molecule has 3 aromatic rings. The minimum atomic E-state index is 1.07. The maximum absolute atomic E-state index is 3.63. The molecule has 0 aromatic heterocycles. The molecule has 0 atom stereocenters. The van der Waals surface area contributed by atoms with E-state index in [-0.39, 0.29) is 0 Å². The molecule has 114 valence electrons. The zero-order chi connectivity index (χ0) is 15.2. The summed E-state index contributed by atoms with van der Waals surface area (Å²) in [5.74, 6) is 0. The number of hydrogen-bond acceptors (Lipinski definition) is 1. The first kappa shape index (κ1) is 14.9. The normalized spacial score (nSPS) is 11.1. The van der Waals surface area contributed by atoms with Gasteiger partial charge in [0.05, 0.1) is 0 Å². The third-order valence-corrected chi connectivity index (χ3v) is 4.38. The first-order valence-corrected chi connectivity index (χ1v) is 8.54. The van der Waals surface area contributed by atoms with Gasteiger partial charge in [0.25, 0.3) is 0 Å². The summed E-state index contributed by atoms with van der Waals surface area (Å²) in [6.07, 6.45) is 6.61. The molecule has 0 radical (unpaired) electrons. The summed E-state index contributed by atoms with van der Waals surface area (Å²) in [6.45, 7) is 3.33. The zero-order valence-corrected chi connectivity index (χ0v) is 13.4. The van der Waals surface area contributed by atoms with E-state index in [1.54, 1.807) is 0 Å². The van der Waals surface area contributed by atoms with E-state index in [1.807, 2.05) is 0 Å². The molecule has 1 N–H and O–H groups in total. The molecule has 0 spiro atoms. The largest absolute Gasteiger partial charge is 0.385 e. The number of nitrogens with one attached hydrogen (secondary N) is 1. The van der Waals surface area contributed by atoms with Gasteiger partial charge in [0.2, 0.25) is 0 Å². The van der Waals surface area contributed by atoms with Gasteiger partial charge in [0.15, 0.2) is 0 Å². The van der Waals surface area contributed by atoms with Gasteiger partial charge < -0.3 is 5.32 Å². The molecule has 0 amide bonds. The fourth-order valence-corrected chi connectivity index (χ4v) is 3.15. The van der Waals surface area contributed by atoms with Crippen molar-refractivity contribution >= 4 is 27.2 Å². The highest BCUT2D eigenvalue weighted by atomic mass is 14.9. The van der Waals surface area contributed by atoms with Crippen molar-refractivity contribution in [3.8, 4) is 0 Å². The second-order valence-electron chi connectivity index (χ2n) is 6.03. The maximum Gasteiger partial charge on any atom is 0.0420 e. The van der Waals surface area contributed by atoms with Crippen molar-refractivity contribution in [2.24, 2.45) is 0 Å². The average Bonchev–Trinajstić information content (AvgIpc) is 2.58. The highest BCUT2D eigenvalue weighted by Gasteiger charge is 2.03. The summed E-state index contributed by atoms with van der Waals surface area (Å²) in [5, 5.41) is 8.95. The molecule has 1 heteroatoms. The number of benzene rings is 3. The lowest BCUT2D eigenvalue weighted by molar-refractivity contribution is 0.645. The first-order chi connectivity index (χ1) is 10.9. The van der Waals surface area contributed by atoms with E-state index in [2.05, 4.69) is 66.8 Å². The third-order valence-electron chi connectivity index (χ3n) is 4.38. The predicted molar refractivity (Wildman–Crippen MR) is 98.7 cm³/mol. The maximum atomic E-state index is 3.63. The zero-order valence-electron chi connectivity index (χ0n) is 13.4. The molecule has 0 aliphatic carbocycles. The van der Waals surface area contributed by atoms with Crippen molar-refractivity contribution in [1.82, 2.24) is 0 Å². The van der Waals surface area contributed by atoms with E-state index in [0.29, 0.717) is 0 Å². The Morgan fingerprint density at radius 2 is 1.50 bits per heavy atom. The third kappa shape index (κ3) is 3.24. The second kappa shape index (κ2) is 7.31. The van der Waals surface area contributed by atoms with Crippen LogP contribution in [0.3, 0.4) is 0 Å². The number of hydrogen-bond donors (Lipinski definition) is 1. The summed E-state index contributed by atoms with van der Waals surface area (Å²) in [5.41, 5.74) is 1.26. The molecule has 0 bridgehead atoms. The Balaban J connectivity index is 1.77. The molecule has 0 saturated carbocycles. The summed E-state index contributed by atoms with van der Waals surface area (Å²) < 4.78 is 0. The minimum absolute atomic E-state index is 1.07. The Kier molecular flexibility index (Phi) is 4.95. The lowest BCUT2D eigenvalue weighted by Gasteiger charge is -2.11. The fourth-order valence-electron chi connectivity index (χ4n) is 3.15. The Morgan fingerprint density at radius 3 is 2.41 bits per heavy atom. The van der Waals surface area contributed by atoms with Crippen molar-refractivity contribution in [2.75, 3.05) is 11.9 Å². The second-order valence-corrected chi connectivity index (χ2v) is 6.03. The summed E-state index contributed by atoms with van der Waals surface area (Å²) in [7, 11) is 0. The van der Waals surface area contributed by atoms with Crippen LogP contribution < -0.4 is 5.32 Å². The lowest BCUT2D eigenvalue weighted by atomic mass is 10.0.